The van der Waals surface area contributed by atoms with E-state index in [2.05, 4.69) is 20.0 Å². The van der Waals surface area contributed by atoms with Crippen LogP contribution in [-0.4, -0.2) is 37.5 Å². The molecule has 1 amide bonds. The molecule has 0 saturated heterocycles. The molecule has 3 rings (SSSR count). The van der Waals surface area contributed by atoms with Crippen LogP contribution in [0.4, 0.5) is 11.6 Å². The molecule has 0 radical (unpaired) electrons. The Morgan fingerprint density at radius 1 is 0.938 bits per heavy atom. The van der Waals surface area contributed by atoms with Crippen LogP contribution in [0.3, 0.4) is 0 Å². The summed E-state index contributed by atoms with van der Waals surface area (Å²) in [5.41, 5.74) is 1.74. The van der Waals surface area contributed by atoms with Gasteiger partial charge < -0.3 is 14.8 Å². The van der Waals surface area contributed by atoms with E-state index in [0.29, 0.717) is 28.6 Å². The van der Waals surface area contributed by atoms with Crippen LogP contribution in [0, 0.1) is 13.8 Å². The number of rotatable bonds is 8. The third-order valence-electron chi connectivity index (χ3n) is 4.38. The number of nitrogens with one attached hydrogen (secondary N) is 2. The van der Waals surface area contributed by atoms with Crippen LogP contribution >= 0.6 is 0 Å². The fraction of sp³-hybridized carbons (Fsp3) is 0.227. The predicted octanol–water partition coefficient (Wildman–Crippen LogP) is 3.31. The standard InChI is InChI=1S/C22H24N4O5S/c1-14-13-15(2)24-22(23-14)26-32(28,29)20-11-5-17(6-12-20)25-21(27)16(3)31-19-9-7-18(30-4)8-10-19/h5-13,16H,1-4H3,(H,25,27)(H,23,24,26)/t16-/m0/s1. The van der Waals surface area contributed by atoms with Gasteiger partial charge in [-0.25, -0.2) is 23.1 Å². The summed E-state index contributed by atoms with van der Waals surface area (Å²) < 4.78 is 38.3. The maximum atomic E-state index is 12.6. The summed E-state index contributed by atoms with van der Waals surface area (Å²) in [5.74, 6) is 0.834. The van der Waals surface area contributed by atoms with E-state index in [1.54, 1.807) is 58.2 Å². The minimum atomic E-state index is -3.88. The van der Waals surface area contributed by atoms with Crippen LogP contribution in [0.25, 0.3) is 0 Å². The molecule has 2 aromatic carbocycles. The molecule has 0 unspecified atom stereocenters. The fourth-order valence-electron chi connectivity index (χ4n) is 2.82. The quantitative estimate of drug-likeness (QED) is 0.534. The zero-order valence-corrected chi connectivity index (χ0v) is 18.9. The van der Waals surface area contributed by atoms with E-state index in [1.165, 1.54) is 24.3 Å². The van der Waals surface area contributed by atoms with E-state index in [1.807, 2.05) is 0 Å². The molecular weight excluding hydrogens is 432 g/mol. The number of methoxy groups -OCH3 is 1. The molecule has 32 heavy (non-hydrogen) atoms. The van der Waals surface area contributed by atoms with Gasteiger partial charge >= 0.3 is 0 Å². The Morgan fingerprint density at radius 2 is 1.50 bits per heavy atom. The number of ether oxygens (including phenoxy) is 2. The lowest BCUT2D eigenvalue weighted by Gasteiger charge is -2.15. The van der Waals surface area contributed by atoms with Gasteiger partial charge in [-0.15, -0.1) is 0 Å². The number of carbonyl (C=O) groups excluding carboxylic acids is 1. The first kappa shape index (κ1) is 23.0. The molecular formula is C22H24N4O5S. The smallest absolute Gasteiger partial charge is 0.265 e. The average molecular weight is 457 g/mol. The van der Waals surface area contributed by atoms with Gasteiger partial charge in [0.05, 0.1) is 12.0 Å². The van der Waals surface area contributed by atoms with Crippen molar-refractivity contribution in [1.29, 1.82) is 0 Å². The molecule has 2 N–H and O–H groups in total. The number of sulfonamides is 1. The summed E-state index contributed by atoms with van der Waals surface area (Å²) in [7, 11) is -2.31. The lowest BCUT2D eigenvalue weighted by molar-refractivity contribution is -0.122. The maximum absolute atomic E-state index is 12.6. The fourth-order valence-corrected chi connectivity index (χ4v) is 3.77. The maximum Gasteiger partial charge on any atom is 0.265 e. The number of carbonyl (C=O) groups is 1. The van der Waals surface area contributed by atoms with Crippen molar-refractivity contribution in [1.82, 2.24) is 9.97 Å². The summed E-state index contributed by atoms with van der Waals surface area (Å²) in [6, 6.07) is 14.4. The second kappa shape index (κ2) is 9.65. The Hall–Kier alpha value is -3.66. The van der Waals surface area contributed by atoms with Crippen molar-refractivity contribution in [2.45, 2.75) is 31.8 Å². The van der Waals surface area contributed by atoms with Crippen molar-refractivity contribution in [3.8, 4) is 11.5 Å². The molecule has 0 fully saturated rings. The summed E-state index contributed by atoms with van der Waals surface area (Å²) in [4.78, 5) is 20.6. The van der Waals surface area contributed by atoms with E-state index >= 15 is 0 Å². The van der Waals surface area contributed by atoms with Gasteiger partial charge in [-0.05, 0) is 75.4 Å². The monoisotopic (exact) mass is 456 g/mol. The zero-order valence-electron chi connectivity index (χ0n) is 18.1. The van der Waals surface area contributed by atoms with Crippen LogP contribution in [0.1, 0.15) is 18.3 Å². The number of hydrogen-bond donors (Lipinski definition) is 2. The van der Waals surface area contributed by atoms with Crippen molar-refractivity contribution >= 4 is 27.6 Å². The Labute approximate surface area is 186 Å². The largest absolute Gasteiger partial charge is 0.497 e. The third-order valence-corrected chi connectivity index (χ3v) is 5.73. The minimum Gasteiger partial charge on any atom is -0.497 e. The van der Waals surface area contributed by atoms with Crippen LogP contribution in [0.5, 0.6) is 11.5 Å². The molecule has 1 atom stereocenters. The molecule has 0 aliphatic heterocycles. The molecule has 1 aromatic heterocycles. The zero-order chi connectivity index (χ0) is 23.3. The Morgan fingerprint density at radius 3 is 2.06 bits per heavy atom. The molecule has 0 spiro atoms. The van der Waals surface area contributed by atoms with Crippen molar-refractivity contribution in [3.05, 3.63) is 66.0 Å². The van der Waals surface area contributed by atoms with Gasteiger partial charge in [0.15, 0.2) is 6.10 Å². The highest BCUT2D eigenvalue weighted by Gasteiger charge is 2.18. The highest BCUT2D eigenvalue weighted by molar-refractivity contribution is 7.92. The predicted molar refractivity (Wildman–Crippen MR) is 120 cm³/mol. The van der Waals surface area contributed by atoms with Gasteiger partial charge in [0, 0.05) is 17.1 Å². The van der Waals surface area contributed by atoms with E-state index in [9.17, 15) is 13.2 Å². The second-order valence-corrected chi connectivity index (χ2v) is 8.71. The Bertz CT molecular complexity index is 1180. The number of anilines is 2. The normalized spacial score (nSPS) is 12.0. The Kier molecular flexibility index (Phi) is 6.94. The number of amides is 1. The molecule has 0 saturated carbocycles. The first-order chi connectivity index (χ1) is 15.2. The highest BCUT2D eigenvalue weighted by Crippen LogP contribution is 2.20. The third kappa shape index (κ3) is 5.94. The van der Waals surface area contributed by atoms with Crippen molar-refractivity contribution in [2.24, 2.45) is 0 Å². The first-order valence-electron chi connectivity index (χ1n) is 9.73. The topological polar surface area (TPSA) is 120 Å². The molecule has 3 aromatic rings. The van der Waals surface area contributed by atoms with Gasteiger partial charge in [0.25, 0.3) is 15.9 Å². The minimum absolute atomic E-state index is 0.00406. The van der Waals surface area contributed by atoms with Crippen LogP contribution in [0.15, 0.2) is 59.5 Å². The molecule has 0 aliphatic carbocycles. The lowest BCUT2D eigenvalue weighted by atomic mass is 10.3. The number of aromatic nitrogens is 2. The molecule has 0 bridgehead atoms. The second-order valence-electron chi connectivity index (χ2n) is 7.03. The summed E-state index contributed by atoms with van der Waals surface area (Å²) in [6.45, 7) is 5.12. The number of nitrogens with zero attached hydrogens (tertiary/aromatic N) is 2. The number of aryl methyl sites for hydroxylation is 2. The summed E-state index contributed by atoms with van der Waals surface area (Å²) in [6.07, 6.45) is -0.768. The number of benzene rings is 2. The van der Waals surface area contributed by atoms with Crippen molar-refractivity contribution in [2.75, 3.05) is 17.1 Å². The highest BCUT2D eigenvalue weighted by atomic mass is 32.2. The van der Waals surface area contributed by atoms with Gasteiger partial charge in [-0.3, -0.25) is 4.79 Å². The van der Waals surface area contributed by atoms with Gasteiger partial charge in [-0.2, -0.15) is 0 Å². The van der Waals surface area contributed by atoms with E-state index in [-0.39, 0.29) is 16.8 Å². The average Bonchev–Trinajstić information content (AvgIpc) is 2.73. The molecule has 0 aliphatic rings. The molecule has 1 heterocycles. The summed E-state index contributed by atoms with van der Waals surface area (Å²) in [5, 5.41) is 2.70. The van der Waals surface area contributed by atoms with Gasteiger partial charge in [0.1, 0.15) is 11.5 Å². The van der Waals surface area contributed by atoms with Gasteiger partial charge in [-0.1, -0.05) is 0 Å². The summed E-state index contributed by atoms with van der Waals surface area (Å²) >= 11 is 0. The van der Waals surface area contributed by atoms with Crippen LogP contribution < -0.4 is 19.5 Å². The van der Waals surface area contributed by atoms with Crippen LogP contribution in [0.2, 0.25) is 0 Å². The molecule has 168 valence electrons. The van der Waals surface area contributed by atoms with Crippen LogP contribution in [-0.2, 0) is 14.8 Å². The van der Waals surface area contributed by atoms with E-state index < -0.39 is 16.1 Å². The van der Waals surface area contributed by atoms with Crippen molar-refractivity contribution < 1.29 is 22.7 Å². The van der Waals surface area contributed by atoms with Gasteiger partial charge in [0.2, 0.25) is 5.95 Å². The Balaban J connectivity index is 1.63. The van der Waals surface area contributed by atoms with E-state index in [0.717, 1.165) is 0 Å². The first-order valence-corrected chi connectivity index (χ1v) is 11.2. The molecule has 10 heteroatoms. The molecule has 9 nitrogen and oxygen atoms in total. The SMILES string of the molecule is COc1ccc(O[C@@H](C)C(=O)Nc2ccc(S(=O)(=O)Nc3nc(C)cc(C)n3)cc2)cc1. The lowest BCUT2D eigenvalue weighted by Crippen LogP contribution is -2.30. The van der Waals surface area contributed by atoms with Crippen molar-refractivity contribution in [3.63, 3.8) is 0 Å². The van der Waals surface area contributed by atoms with E-state index in [4.69, 9.17) is 9.47 Å². The number of hydrogen-bond acceptors (Lipinski definition) is 7.